The van der Waals surface area contributed by atoms with Crippen molar-refractivity contribution in [3.63, 3.8) is 0 Å². The molecule has 0 amide bonds. The van der Waals surface area contributed by atoms with Crippen LogP contribution in [0.15, 0.2) is 18.2 Å². The van der Waals surface area contributed by atoms with Crippen LogP contribution < -0.4 is 10.6 Å². The lowest BCUT2D eigenvalue weighted by molar-refractivity contribution is 0.460. The van der Waals surface area contributed by atoms with Gasteiger partial charge in [0.1, 0.15) is 0 Å². The Kier molecular flexibility index (Phi) is 6.27. The molecule has 102 valence electrons. The van der Waals surface area contributed by atoms with E-state index in [1.165, 1.54) is 50.0 Å². The van der Waals surface area contributed by atoms with Gasteiger partial charge < -0.3 is 10.6 Å². The molecule has 0 spiro atoms. The molecule has 2 nitrogen and oxygen atoms in total. The van der Waals surface area contributed by atoms with Gasteiger partial charge in [0.05, 0.1) is 0 Å². The van der Waals surface area contributed by atoms with Gasteiger partial charge in [-0.15, -0.1) is 24.8 Å². The van der Waals surface area contributed by atoms with Crippen molar-refractivity contribution >= 4 is 30.5 Å². The fraction of sp³-hybridized carbons (Fsp3) is 0.571. The Morgan fingerprint density at radius 1 is 1.00 bits per heavy atom. The number of aryl methyl sites for hydroxylation is 1. The van der Waals surface area contributed by atoms with Gasteiger partial charge in [0.25, 0.3) is 0 Å². The molecule has 1 fully saturated rings. The molecule has 0 bridgehead atoms. The molecule has 2 aliphatic heterocycles. The molecule has 4 heteroatoms. The first kappa shape index (κ1) is 15.6. The zero-order valence-electron chi connectivity index (χ0n) is 10.6. The van der Waals surface area contributed by atoms with E-state index >= 15 is 0 Å². The second-order valence-electron chi connectivity index (χ2n) is 4.97. The molecular weight excluding hydrogens is 267 g/mol. The summed E-state index contributed by atoms with van der Waals surface area (Å²) in [7, 11) is 0. The van der Waals surface area contributed by atoms with Crippen LogP contribution in [0.4, 0.5) is 5.69 Å². The van der Waals surface area contributed by atoms with Crippen molar-refractivity contribution in [3.05, 3.63) is 29.3 Å². The summed E-state index contributed by atoms with van der Waals surface area (Å²) in [6.07, 6.45) is 5.13. The Hall–Kier alpha value is -0.440. The summed E-state index contributed by atoms with van der Waals surface area (Å²) in [6, 6.07) is 7.05. The first-order chi connectivity index (χ1) is 7.93. The summed E-state index contributed by atoms with van der Waals surface area (Å²) in [5.74, 6) is 0.786. The van der Waals surface area contributed by atoms with Gasteiger partial charge in [0.15, 0.2) is 0 Å². The van der Waals surface area contributed by atoms with Crippen LogP contribution in [-0.4, -0.2) is 19.6 Å². The summed E-state index contributed by atoms with van der Waals surface area (Å²) in [6.45, 7) is 3.50. The predicted molar refractivity (Wildman–Crippen MR) is 82.6 cm³/mol. The van der Waals surface area contributed by atoms with E-state index < -0.39 is 0 Å². The number of piperidine rings is 1. The average Bonchev–Trinajstić information content (AvgIpc) is 2.39. The Morgan fingerprint density at radius 3 is 2.56 bits per heavy atom. The summed E-state index contributed by atoms with van der Waals surface area (Å²) >= 11 is 0. The number of anilines is 1. The number of hydrogen-bond acceptors (Lipinski definition) is 2. The Balaban J connectivity index is 0.000000810. The molecule has 0 radical (unpaired) electrons. The number of rotatable bonds is 1. The van der Waals surface area contributed by atoms with Gasteiger partial charge in [-0.1, -0.05) is 12.1 Å². The third-order valence-electron chi connectivity index (χ3n) is 3.88. The molecule has 0 saturated carbocycles. The second kappa shape index (κ2) is 7.22. The smallest absolute Gasteiger partial charge is 0.0372 e. The monoisotopic (exact) mass is 288 g/mol. The minimum atomic E-state index is 0. The maximum atomic E-state index is 3.48. The number of benzene rings is 1. The SMILES string of the molecule is Cl.Cl.c1cc2c(cc1C1CCNCC1)CCCN2. The molecule has 3 rings (SSSR count). The fourth-order valence-corrected chi connectivity index (χ4v) is 2.90. The molecule has 2 N–H and O–H groups in total. The van der Waals surface area contributed by atoms with Crippen molar-refractivity contribution in [2.24, 2.45) is 0 Å². The van der Waals surface area contributed by atoms with Gasteiger partial charge in [0, 0.05) is 12.2 Å². The van der Waals surface area contributed by atoms with E-state index in [-0.39, 0.29) is 24.8 Å². The van der Waals surface area contributed by atoms with Gasteiger partial charge in [-0.25, -0.2) is 0 Å². The van der Waals surface area contributed by atoms with Gasteiger partial charge in [-0.05, 0) is 61.9 Å². The van der Waals surface area contributed by atoms with E-state index in [4.69, 9.17) is 0 Å². The maximum Gasteiger partial charge on any atom is 0.0372 e. The van der Waals surface area contributed by atoms with E-state index in [2.05, 4.69) is 28.8 Å². The Bertz CT molecular complexity index is 376. The minimum Gasteiger partial charge on any atom is -0.385 e. The van der Waals surface area contributed by atoms with Gasteiger partial charge in [-0.2, -0.15) is 0 Å². The number of hydrogen-bond donors (Lipinski definition) is 2. The highest BCUT2D eigenvalue weighted by Gasteiger charge is 2.17. The summed E-state index contributed by atoms with van der Waals surface area (Å²) in [5.41, 5.74) is 4.45. The van der Waals surface area contributed by atoms with Crippen molar-refractivity contribution in [1.82, 2.24) is 5.32 Å². The maximum absolute atomic E-state index is 3.48. The second-order valence-corrected chi connectivity index (χ2v) is 4.97. The van der Waals surface area contributed by atoms with Crippen molar-refractivity contribution in [3.8, 4) is 0 Å². The van der Waals surface area contributed by atoms with Gasteiger partial charge >= 0.3 is 0 Å². The number of halogens is 2. The Labute approximate surface area is 122 Å². The third-order valence-corrected chi connectivity index (χ3v) is 3.88. The zero-order valence-corrected chi connectivity index (χ0v) is 12.2. The molecule has 0 atom stereocenters. The van der Waals surface area contributed by atoms with Crippen LogP contribution in [0.1, 0.15) is 36.3 Å². The molecule has 0 aromatic heterocycles. The van der Waals surface area contributed by atoms with E-state index in [0.717, 1.165) is 12.5 Å². The van der Waals surface area contributed by atoms with E-state index in [9.17, 15) is 0 Å². The van der Waals surface area contributed by atoms with Crippen molar-refractivity contribution in [2.45, 2.75) is 31.6 Å². The largest absolute Gasteiger partial charge is 0.385 e. The highest BCUT2D eigenvalue weighted by Crippen LogP contribution is 2.30. The quantitative estimate of drug-likeness (QED) is 0.828. The lowest BCUT2D eigenvalue weighted by Crippen LogP contribution is -2.26. The molecule has 1 saturated heterocycles. The van der Waals surface area contributed by atoms with E-state index in [0.29, 0.717) is 0 Å². The lowest BCUT2D eigenvalue weighted by Gasteiger charge is -2.25. The number of nitrogens with one attached hydrogen (secondary N) is 2. The van der Waals surface area contributed by atoms with Crippen LogP contribution in [0.5, 0.6) is 0 Å². The van der Waals surface area contributed by atoms with Crippen LogP contribution in [-0.2, 0) is 6.42 Å². The molecule has 2 heterocycles. The highest BCUT2D eigenvalue weighted by atomic mass is 35.5. The summed E-state index contributed by atoms with van der Waals surface area (Å²) in [4.78, 5) is 0. The normalized spacial score (nSPS) is 18.9. The molecule has 2 aliphatic rings. The molecule has 0 unspecified atom stereocenters. The van der Waals surface area contributed by atoms with E-state index in [1.807, 2.05) is 0 Å². The molecule has 1 aromatic rings. The summed E-state index contributed by atoms with van der Waals surface area (Å²) in [5, 5.41) is 6.91. The standard InChI is InChI=1S/C14H20N2.2ClH/c1-2-13-10-12(3-4-14(13)16-7-1)11-5-8-15-9-6-11;;/h3-4,10-11,15-16H,1-2,5-9H2;2*1H. The zero-order chi connectivity index (χ0) is 10.8. The molecule has 0 aliphatic carbocycles. The van der Waals surface area contributed by atoms with Crippen molar-refractivity contribution in [2.75, 3.05) is 25.0 Å². The first-order valence-electron chi connectivity index (χ1n) is 6.51. The van der Waals surface area contributed by atoms with E-state index in [1.54, 1.807) is 5.56 Å². The third kappa shape index (κ3) is 3.31. The Morgan fingerprint density at radius 2 is 1.78 bits per heavy atom. The van der Waals surface area contributed by atoms with Crippen LogP contribution in [0.2, 0.25) is 0 Å². The molecule has 1 aromatic carbocycles. The van der Waals surface area contributed by atoms with Crippen molar-refractivity contribution in [1.29, 1.82) is 0 Å². The van der Waals surface area contributed by atoms with Gasteiger partial charge in [-0.3, -0.25) is 0 Å². The molecular formula is C14H22Cl2N2. The van der Waals surface area contributed by atoms with Gasteiger partial charge in [0.2, 0.25) is 0 Å². The van der Waals surface area contributed by atoms with Crippen LogP contribution in [0, 0.1) is 0 Å². The van der Waals surface area contributed by atoms with Crippen molar-refractivity contribution < 1.29 is 0 Å². The number of fused-ring (bicyclic) bond motifs is 1. The predicted octanol–water partition coefficient (Wildman–Crippen LogP) is 3.36. The van der Waals surface area contributed by atoms with Crippen LogP contribution >= 0.6 is 24.8 Å². The van der Waals surface area contributed by atoms with Crippen LogP contribution in [0.3, 0.4) is 0 Å². The summed E-state index contributed by atoms with van der Waals surface area (Å²) < 4.78 is 0. The topological polar surface area (TPSA) is 24.1 Å². The average molecular weight is 289 g/mol. The molecule has 18 heavy (non-hydrogen) atoms. The van der Waals surface area contributed by atoms with Crippen LogP contribution in [0.25, 0.3) is 0 Å². The first-order valence-corrected chi connectivity index (χ1v) is 6.51. The minimum absolute atomic E-state index is 0. The highest BCUT2D eigenvalue weighted by molar-refractivity contribution is 5.85. The lowest BCUT2D eigenvalue weighted by atomic mass is 9.88. The fourth-order valence-electron chi connectivity index (χ4n) is 2.90.